The van der Waals surface area contributed by atoms with E-state index in [1.165, 1.54) is 0 Å². The number of carbonyl (C=O) groups excluding carboxylic acids is 1. The van der Waals surface area contributed by atoms with Gasteiger partial charge in [0.05, 0.1) is 6.10 Å². The van der Waals surface area contributed by atoms with Crippen LogP contribution in [0.25, 0.3) is 0 Å². The van der Waals surface area contributed by atoms with Crippen LogP contribution in [0.3, 0.4) is 0 Å². The molecule has 0 saturated heterocycles. The maximum Gasteiger partial charge on any atom is 0.306 e. The van der Waals surface area contributed by atoms with Gasteiger partial charge in [0.1, 0.15) is 0 Å². The van der Waals surface area contributed by atoms with Gasteiger partial charge in [0.25, 0.3) is 0 Å². The van der Waals surface area contributed by atoms with Crippen LogP contribution in [0.1, 0.15) is 52.9 Å². The zero-order valence-electron chi connectivity index (χ0n) is 8.43. The van der Waals surface area contributed by atoms with Gasteiger partial charge in [-0.25, -0.2) is 0 Å². The fourth-order valence-corrected chi connectivity index (χ4v) is 1.07. The van der Waals surface area contributed by atoms with Gasteiger partial charge in [-0.3, -0.25) is 4.79 Å². The fourth-order valence-electron chi connectivity index (χ4n) is 1.07. The van der Waals surface area contributed by atoms with Crippen molar-refractivity contribution < 1.29 is 9.53 Å². The van der Waals surface area contributed by atoms with E-state index >= 15 is 0 Å². The molecule has 0 rings (SSSR count). The van der Waals surface area contributed by atoms with Crippen LogP contribution in [0.15, 0.2) is 0 Å². The molecule has 2 heteroatoms. The van der Waals surface area contributed by atoms with Gasteiger partial charge in [0, 0.05) is 6.42 Å². The van der Waals surface area contributed by atoms with Crippen LogP contribution >= 0.6 is 0 Å². The van der Waals surface area contributed by atoms with E-state index in [1.807, 2.05) is 6.92 Å². The SMILES string of the molecule is CCCCC(=O)O[C@H](C)CCC. The highest BCUT2D eigenvalue weighted by Crippen LogP contribution is 2.04. The van der Waals surface area contributed by atoms with Gasteiger partial charge in [-0.15, -0.1) is 0 Å². The summed E-state index contributed by atoms with van der Waals surface area (Å²) in [6, 6.07) is 0. The monoisotopic (exact) mass is 172 g/mol. The lowest BCUT2D eigenvalue weighted by Crippen LogP contribution is -2.14. The summed E-state index contributed by atoms with van der Waals surface area (Å²) in [5.74, 6) is -0.0437. The minimum absolute atomic E-state index is 0.0437. The molecule has 0 radical (unpaired) electrons. The number of unbranched alkanes of at least 4 members (excludes halogenated alkanes) is 1. The lowest BCUT2D eigenvalue weighted by atomic mass is 10.2. The molecule has 0 aromatic rings. The molecule has 0 N–H and O–H groups in total. The van der Waals surface area contributed by atoms with Crippen molar-refractivity contribution in [2.45, 2.75) is 59.0 Å². The van der Waals surface area contributed by atoms with Crippen molar-refractivity contribution in [1.29, 1.82) is 0 Å². The van der Waals surface area contributed by atoms with Crippen molar-refractivity contribution in [1.82, 2.24) is 0 Å². The summed E-state index contributed by atoms with van der Waals surface area (Å²) in [6.45, 7) is 6.12. The van der Waals surface area contributed by atoms with Crippen LogP contribution in [0.2, 0.25) is 0 Å². The van der Waals surface area contributed by atoms with E-state index < -0.39 is 0 Å². The molecule has 72 valence electrons. The Kier molecular flexibility index (Phi) is 6.82. The van der Waals surface area contributed by atoms with Crippen LogP contribution < -0.4 is 0 Å². The summed E-state index contributed by atoms with van der Waals surface area (Å²) in [5, 5.41) is 0. The zero-order valence-corrected chi connectivity index (χ0v) is 8.43. The van der Waals surface area contributed by atoms with Gasteiger partial charge in [0.15, 0.2) is 0 Å². The number of carbonyl (C=O) groups is 1. The molecule has 0 bridgehead atoms. The van der Waals surface area contributed by atoms with Crippen molar-refractivity contribution in [3.63, 3.8) is 0 Å². The Morgan fingerprint density at radius 2 is 2.00 bits per heavy atom. The quantitative estimate of drug-likeness (QED) is 0.576. The van der Waals surface area contributed by atoms with Crippen LogP contribution in [0.5, 0.6) is 0 Å². The predicted octanol–water partition coefficient (Wildman–Crippen LogP) is 2.91. The Morgan fingerprint density at radius 1 is 1.33 bits per heavy atom. The molecule has 0 aliphatic heterocycles. The first kappa shape index (κ1) is 11.5. The summed E-state index contributed by atoms with van der Waals surface area (Å²) in [4.78, 5) is 11.1. The maximum absolute atomic E-state index is 11.1. The smallest absolute Gasteiger partial charge is 0.306 e. The van der Waals surface area contributed by atoms with Gasteiger partial charge >= 0.3 is 5.97 Å². The normalized spacial score (nSPS) is 12.6. The summed E-state index contributed by atoms with van der Waals surface area (Å²) in [6.07, 6.45) is 4.71. The number of esters is 1. The van der Waals surface area contributed by atoms with Crippen molar-refractivity contribution in [2.75, 3.05) is 0 Å². The third-order valence-corrected chi connectivity index (χ3v) is 1.76. The number of hydrogen-bond donors (Lipinski definition) is 0. The molecule has 0 aliphatic rings. The average Bonchev–Trinajstić information content (AvgIpc) is 2.01. The van der Waals surface area contributed by atoms with Gasteiger partial charge in [-0.1, -0.05) is 26.7 Å². The molecule has 0 fully saturated rings. The molecule has 0 aromatic carbocycles. The number of hydrogen-bond acceptors (Lipinski definition) is 2. The third-order valence-electron chi connectivity index (χ3n) is 1.76. The van der Waals surface area contributed by atoms with Crippen molar-refractivity contribution in [2.24, 2.45) is 0 Å². The summed E-state index contributed by atoms with van der Waals surface area (Å²) >= 11 is 0. The molecule has 0 saturated carbocycles. The van der Waals surface area contributed by atoms with Crippen molar-refractivity contribution in [3.8, 4) is 0 Å². The van der Waals surface area contributed by atoms with Crippen LogP contribution in [0.4, 0.5) is 0 Å². The van der Waals surface area contributed by atoms with Crippen molar-refractivity contribution in [3.05, 3.63) is 0 Å². The lowest BCUT2D eigenvalue weighted by molar-refractivity contribution is -0.148. The minimum Gasteiger partial charge on any atom is -0.463 e. The minimum atomic E-state index is -0.0437. The first-order chi connectivity index (χ1) is 5.70. The standard InChI is InChI=1S/C10H20O2/c1-4-6-8-10(11)12-9(3)7-5-2/h9H,4-8H2,1-3H3/t9-/m1/s1. The predicted molar refractivity (Wildman–Crippen MR) is 50.0 cm³/mol. The van der Waals surface area contributed by atoms with Gasteiger partial charge < -0.3 is 4.74 Å². The van der Waals surface area contributed by atoms with Crippen LogP contribution in [0, 0.1) is 0 Å². The maximum atomic E-state index is 11.1. The van der Waals surface area contributed by atoms with E-state index in [4.69, 9.17) is 4.74 Å². The van der Waals surface area contributed by atoms with E-state index in [9.17, 15) is 4.79 Å². The fraction of sp³-hybridized carbons (Fsp3) is 0.900. The molecule has 0 heterocycles. The highest BCUT2D eigenvalue weighted by atomic mass is 16.5. The Labute approximate surface area is 75.3 Å². The van der Waals surface area contributed by atoms with Gasteiger partial charge in [0.2, 0.25) is 0 Å². The van der Waals surface area contributed by atoms with Gasteiger partial charge in [-0.2, -0.15) is 0 Å². The second-order valence-corrected chi connectivity index (χ2v) is 3.19. The molecule has 0 aliphatic carbocycles. The van der Waals surface area contributed by atoms with Crippen LogP contribution in [-0.2, 0) is 9.53 Å². The highest BCUT2D eigenvalue weighted by Gasteiger charge is 2.06. The van der Waals surface area contributed by atoms with E-state index in [1.54, 1.807) is 0 Å². The Balaban J connectivity index is 3.40. The highest BCUT2D eigenvalue weighted by molar-refractivity contribution is 5.69. The first-order valence-electron chi connectivity index (χ1n) is 4.90. The van der Waals surface area contributed by atoms with Gasteiger partial charge in [-0.05, 0) is 19.8 Å². The Bertz CT molecular complexity index is 121. The molecular weight excluding hydrogens is 152 g/mol. The molecular formula is C10H20O2. The lowest BCUT2D eigenvalue weighted by Gasteiger charge is -2.11. The average molecular weight is 172 g/mol. The van der Waals surface area contributed by atoms with E-state index in [-0.39, 0.29) is 12.1 Å². The second kappa shape index (κ2) is 7.14. The Hall–Kier alpha value is -0.530. The van der Waals surface area contributed by atoms with E-state index in [0.29, 0.717) is 6.42 Å². The van der Waals surface area contributed by atoms with Crippen LogP contribution in [-0.4, -0.2) is 12.1 Å². The topological polar surface area (TPSA) is 26.3 Å². The molecule has 0 aromatic heterocycles. The molecule has 0 amide bonds. The molecule has 1 atom stereocenters. The third kappa shape index (κ3) is 6.20. The molecule has 0 unspecified atom stereocenters. The summed E-state index contributed by atoms with van der Waals surface area (Å²) in [5.41, 5.74) is 0. The molecule has 0 spiro atoms. The summed E-state index contributed by atoms with van der Waals surface area (Å²) in [7, 11) is 0. The molecule has 12 heavy (non-hydrogen) atoms. The first-order valence-corrected chi connectivity index (χ1v) is 4.90. The van der Waals surface area contributed by atoms with E-state index in [0.717, 1.165) is 25.7 Å². The second-order valence-electron chi connectivity index (χ2n) is 3.19. The Morgan fingerprint density at radius 3 is 2.50 bits per heavy atom. The number of rotatable bonds is 6. The summed E-state index contributed by atoms with van der Waals surface area (Å²) < 4.78 is 5.15. The molecule has 2 nitrogen and oxygen atoms in total. The largest absolute Gasteiger partial charge is 0.463 e. The number of ether oxygens (including phenoxy) is 1. The van der Waals surface area contributed by atoms with Crippen molar-refractivity contribution >= 4 is 5.97 Å². The zero-order chi connectivity index (χ0) is 9.40. The van der Waals surface area contributed by atoms with E-state index in [2.05, 4.69) is 13.8 Å².